The molecule has 5 nitrogen and oxygen atoms in total. The van der Waals surface area contributed by atoms with Gasteiger partial charge in [-0.15, -0.1) is 0 Å². The van der Waals surface area contributed by atoms with Crippen molar-refractivity contribution >= 4 is 39.2 Å². The van der Waals surface area contributed by atoms with Crippen LogP contribution in [-0.2, 0) is 0 Å². The first-order chi connectivity index (χ1) is 6.20. The van der Waals surface area contributed by atoms with Crippen molar-refractivity contribution in [1.29, 1.82) is 0 Å². The molecular formula is C7H4IN3O2. The van der Waals surface area contributed by atoms with Gasteiger partial charge in [-0.25, -0.2) is 0 Å². The fourth-order valence-electron chi connectivity index (χ4n) is 1.16. The summed E-state index contributed by atoms with van der Waals surface area (Å²) in [5.74, 6) is 0. The fraction of sp³-hybridized carbons (Fsp3) is 0. The van der Waals surface area contributed by atoms with Gasteiger partial charge >= 0.3 is 0 Å². The van der Waals surface area contributed by atoms with Crippen LogP contribution in [0.15, 0.2) is 18.3 Å². The first-order valence-electron chi connectivity index (χ1n) is 3.46. The Balaban J connectivity index is 2.88. The number of benzene rings is 1. The molecule has 0 saturated heterocycles. The average Bonchev–Trinajstić information content (AvgIpc) is 2.50. The van der Waals surface area contributed by atoms with Crippen molar-refractivity contribution in [2.24, 2.45) is 0 Å². The van der Waals surface area contributed by atoms with Crippen LogP contribution >= 0.6 is 22.6 Å². The molecule has 0 bridgehead atoms. The predicted molar refractivity (Wildman–Crippen MR) is 55.5 cm³/mol. The third-order valence-electron chi connectivity index (χ3n) is 1.73. The number of nitro groups is 1. The van der Waals surface area contributed by atoms with Crippen LogP contribution < -0.4 is 0 Å². The normalized spacial score (nSPS) is 10.5. The predicted octanol–water partition coefficient (Wildman–Crippen LogP) is 2.08. The van der Waals surface area contributed by atoms with Gasteiger partial charge in [-0.3, -0.25) is 15.2 Å². The van der Waals surface area contributed by atoms with Crippen molar-refractivity contribution in [2.75, 3.05) is 0 Å². The van der Waals surface area contributed by atoms with E-state index in [1.165, 1.54) is 6.20 Å². The smallest absolute Gasteiger partial charge is 0.278 e. The number of aromatic nitrogens is 2. The van der Waals surface area contributed by atoms with E-state index in [0.717, 1.165) is 0 Å². The molecule has 1 aromatic carbocycles. The molecule has 2 rings (SSSR count). The minimum Gasteiger partial charge on any atom is -0.278 e. The van der Waals surface area contributed by atoms with Gasteiger partial charge in [-0.05, 0) is 34.7 Å². The lowest BCUT2D eigenvalue weighted by molar-refractivity contribution is -0.384. The van der Waals surface area contributed by atoms with Gasteiger partial charge in [0, 0.05) is 0 Å². The first kappa shape index (κ1) is 8.42. The van der Waals surface area contributed by atoms with Gasteiger partial charge in [0.15, 0.2) is 0 Å². The van der Waals surface area contributed by atoms with Crippen LogP contribution in [0, 0.1) is 13.7 Å². The Bertz CT molecular complexity index is 480. The molecule has 0 aliphatic carbocycles. The molecule has 66 valence electrons. The Hall–Kier alpha value is -1.18. The van der Waals surface area contributed by atoms with Gasteiger partial charge in [0.05, 0.1) is 25.6 Å². The molecule has 0 aliphatic rings. The summed E-state index contributed by atoms with van der Waals surface area (Å²) >= 11 is 1.94. The lowest BCUT2D eigenvalue weighted by Crippen LogP contribution is -1.91. The number of nitrogens with one attached hydrogen (secondary N) is 1. The Labute approximate surface area is 86.4 Å². The van der Waals surface area contributed by atoms with Crippen LogP contribution in [0.3, 0.4) is 0 Å². The summed E-state index contributed by atoms with van der Waals surface area (Å²) in [6.45, 7) is 0. The van der Waals surface area contributed by atoms with Crippen LogP contribution in [0.5, 0.6) is 0 Å². The Morgan fingerprint density at radius 1 is 1.54 bits per heavy atom. The number of hydrogen-bond acceptors (Lipinski definition) is 3. The van der Waals surface area contributed by atoms with E-state index in [2.05, 4.69) is 10.2 Å². The number of nitro benzene ring substituents is 1. The zero-order valence-electron chi connectivity index (χ0n) is 6.32. The number of nitrogens with zero attached hydrogens (tertiary/aromatic N) is 2. The summed E-state index contributed by atoms with van der Waals surface area (Å²) in [5, 5.41) is 17.7. The van der Waals surface area contributed by atoms with E-state index >= 15 is 0 Å². The number of halogens is 1. The maximum absolute atomic E-state index is 10.7. The molecule has 0 saturated carbocycles. The largest absolute Gasteiger partial charge is 0.293 e. The van der Waals surface area contributed by atoms with Crippen molar-refractivity contribution in [3.63, 3.8) is 0 Å². The molecule has 0 radical (unpaired) electrons. The van der Waals surface area contributed by atoms with E-state index in [1.807, 2.05) is 22.6 Å². The first-order valence-corrected chi connectivity index (χ1v) is 4.54. The molecule has 1 N–H and O–H groups in total. The highest BCUT2D eigenvalue weighted by atomic mass is 127. The Morgan fingerprint density at radius 3 is 3.00 bits per heavy atom. The molecule has 0 amide bonds. The second-order valence-corrected chi connectivity index (χ2v) is 3.65. The molecule has 0 atom stereocenters. The van der Waals surface area contributed by atoms with Crippen molar-refractivity contribution in [3.8, 4) is 0 Å². The molecule has 2 aromatic rings. The van der Waals surface area contributed by atoms with E-state index in [1.54, 1.807) is 12.1 Å². The average molecular weight is 289 g/mol. The summed E-state index contributed by atoms with van der Waals surface area (Å²) in [6.07, 6.45) is 1.47. The quantitative estimate of drug-likeness (QED) is 0.496. The van der Waals surface area contributed by atoms with Crippen LogP contribution in [0.1, 0.15) is 0 Å². The fourth-order valence-corrected chi connectivity index (χ4v) is 1.83. The van der Waals surface area contributed by atoms with E-state index in [4.69, 9.17) is 0 Å². The third-order valence-corrected chi connectivity index (χ3v) is 2.60. The molecule has 0 unspecified atom stereocenters. The summed E-state index contributed by atoms with van der Waals surface area (Å²) < 4.78 is 0.622. The second kappa shape index (κ2) is 2.95. The summed E-state index contributed by atoms with van der Waals surface area (Å²) in [5.41, 5.74) is 0.805. The van der Waals surface area contributed by atoms with Crippen LogP contribution in [0.25, 0.3) is 10.9 Å². The Morgan fingerprint density at radius 2 is 2.31 bits per heavy atom. The number of H-pyrrole nitrogens is 1. The van der Waals surface area contributed by atoms with Gasteiger partial charge < -0.3 is 0 Å². The molecule has 13 heavy (non-hydrogen) atoms. The summed E-state index contributed by atoms with van der Waals surface area (Å²) in [4.78, 5) is 10.3. The molecule has 1 aromatic heterocycles. The maximum Gasteiger partial charge on any atom is 0.293 e. The number of fused-ring (bicyclic) bond motifs is 1. The van der Waals surface area contributed by atoms with Gasteiger partial charge in [0.25, 0.3) is 5.69 Å². The van der Waals surface area contributed by atoms with Crippen LogP contribution in [-0.4, -0.2) is 15.1 Å². The van der Waals surface area contributed by atoms with Gasteiger partial charge in [-0.1, -0.05) is 0 Å². The highest BCUT2D eigenvalue weighted by Crippen LogP contribution is 2.28. The lowest BCUT2D eigenvalue weighted by Gasteiger charge is -1.95. The molecule has 0 fully saturated rings. The number of hydrogen-bond donors (Lipinski definition) is 1. The van der Waals surface area contributed by atoms with E-state index in [-0.39, 0.29) is 10.6 Å². The van der Waals surface area contributed by atoms with Crippen molar-refractivity contribution in [1.82, 2.24) is 10.2 Å². The van der Waals surface area contributed by atoms with E-state index in [0.29, 0.717) is 14.5 Å². The standard InChI is InChI=1S/C7H4IN3O2/c8-5-1-2-6-4(3-9-10-6)7(5)11(12)13/h1-3H,(H,9,10). The van der Waals surface area contributed by atoms with Gasteiger partial charge in [0.1, 0.15) is 0 Å². The van der Waals surface area contributed by atoms with E-state index < -0.39 is 0 Å². The maximum atomic E-state index is 10.7. The van der Waals surface area contributed by atoms with Crippen LogP contribution in [0.2, 0.25) is 0 Å². The zero-order valence-corrected chi connectivity index (χ0v) is 8.48. The topological polar surface area (TPSA) is 71.8 Å². The SMILES string of the molecule is O=[N+]([O-])c1c(I)ccc2[nH]ncc12. The van der Waals surface area contributed by atoms with Crippen molar-refractivity contribution in [3.05, 3.63) is 32.0 Å². The molecule has 1 heterocycles. The second-order valence-electron chi connectivity index (χ2n) is 2.48. The summed E-state index contributed by atoms with van der Waals surface area (Å²) in [7, 11) is 0. The third kappa shape index (κ3) is 1.26. The summed E-state index contributed by atoms with van der Waals surface area (Å²) in [6, 6.07) is 3.47. The molecule has 0 aliphatic heterocycles. The number of rotatable bonds is 1. The molecular weight excluding hydrogens is 285 g/mol. The van der Waals surface area contributed by atoms with Crippen molar-refractivity contribution < 1.29 is 4.92 Å². The van der Waals surface area contributed by atoms with Crippen molar-refractivity contribution in [2.45, 2.75) is 0 Å². The molecule has 0 spiro atoms. The molecule has 6 heteroatoms. The highest BCUT2D eigenvalue weighted by Gasteiger charge is 2.17. The Kier molecular flexibility index (Phi) is 1.91. The zero-order chi connectivity index (χ0) is 9.42. The minimum atomic E-state index is -0.389. The minimum absolute atomic E-state index is 0.117. The van der Waals surface area contributed by atoms with Gasteiger partial charge in [0.2, 0.25) is 0 Å². The van der Waals surface area contributed by atoms with Crippen LogP contribution in [0.4, 0.5) is 5.69 Å². The van der Waals surface area contributed by atoms with Gasteiger partial charge in [-0.2, -0.15) is 5.10 Å². The highest BCUT2D eigenvalue weighted by molar-refractivity contribution is 14.1. The number of aromatic amines is 1. The lowest BCUT2D eigenvalue weighted by atomic mass is 10.2. The monoisotopic (exact) mass is 289 g/mol. The van der Waals surface area contributed by atoms with E-state index in [9.17, 15) is 10.1 Å².